The van der Waals surface area contributed by atoms with Crippen LogP contribution in [0.2, 0.25) is 0 Å². The zero-order valence-electron chi connectivity index (χ0n) is 51.0. The van der Waals surface area contributed by atoms with Gasteiger partial charge in [-0.2, -0.15) is 26.3 Å². The van der Waals surface area contributed by atoms with Crippen molar-refractivity contribution in [3.8, 4) is 56.4 Å². The molecule has 1 amide bonds. The SMILES string of the molecule is CCCCC[C@H]1CC[C@H](c2ccc(-c3ccc(OC(=O)C4CCC(C(=O)Nc5ccc(-c6cc7c8c(c9c(c7cc6OC)OC(c6ccccc6)(c6ccc(OC)cc6)C=C9)C(C)(C)c6c-8cc(C(F)(F)F)cc6C(F)(F)F)c(C)c5)CC4)cc3)cc2)CC1. The van der Waals surface area contributed by atoms with Crippen LogP contribution in [0.3, 0.4) is 0 Å². The molecule has 13 heteroatoms. The maximum Gasteiger partial charge on any atom is 0.416 e. The minimum absolute atomic E-state index is 0.179. The number of aryl methyl sites for hydroxylation is 1. The Morgan fingerprint density at radius 2 is 1.28 bits per heavy atom. The Balaban J connectivity index is 0.791. The number of fused-ring (bicyclic) bond motifs is 8. The van der Waals surface area contributed by atoms with Gasteiger partial charge in [-0.1, -0.05) is 137 Å². The van der Waals surface area contributed by atoms with E-state index in [2.05, 4.69) is 36.5 Å². The maximum absolute atomic E-state index is 15.4. The summed E-state index contributed by atoms with van der Waals surface area (Å²) in [7, 11) is 3.06. The second-order valence-corrected chi connectivity index (χ2v) is 25.3. The highest BCUT2D eigenvalue weighted by Crippen LogP contribution is 2.62. The number of halogens is 6. The van der Waals surface area contributed by atoms with E-state index in [1.54, 1.807) is 39.2 Å². The average molecular weight is 1210 g/mol. The number of carbonyl (C=O) groups excluding carboxylic acids is 2. The lowest BCUT2D eigenvalue weighted by Crippen LogP contribution is -2.35. The summed E-state index contributed by atoms with van der Waals surface area (Å²) in [6, 6.07) is 43.3. The monoisotopic (exact) mass is 1210 g/mol. The highest BCUT2D eigenvalue weighted by molar-refractivity contribution is 6.11. The molecule has 4 aliphatic rings. The van der Waals surface area contributed by atoms with Gasteiger partial charge in [-0.25, -0.2) is 0 Å². The van der Waals surface area contributed by atoms with Crippen molar-refractivity contribution in [2.75, 3.05) is 19.5 Å². The number of nitrogens with one attached hydrogen (secondary N) is 1. The van der Waals surface area contributed by atoms with Crippen LogP contribution in [0.15, 0.2) is 152 Å². The summed E-state index contributed by atoms with van der Waals surface area (Å²) in [5.41, 5.74) is 2.41. The van der Waals surface area contributed by atoms with Crippen LogP contribution in [0.5, 0.6) is 23.0 Å². The van der Waals surface area contributed by atoms with Gasteiger partial charge in [-0.05, 0) is 192 Å². The highest BCUT2D eigenvalue weighted by atomic mass is 19.4. The fourth-order valence-corrected chi connectivity index (χ4v) is 14.7. The predicted molar refractivity (Wildman–Crippen MR) is 339 cm³/mol. The van der Waals surface area contributed by atoms with E-state index in [1.807, 2.05) is 110 Å². The molecule has 0 spiro atoms. The fourth-order valence-electron chi connectivity index (χ4n) is 14.7. The number of carbonyl (C=O) groups is 2. The van der Waals surface area contributed by atoms with Gasteiger partial charge in [0.25, 0.3) is 0 Å². The zero-order chi connectivity index (χ0) is 62.6. The van der Waals surface area contributed by atoms with Crippen molar-refractivity contribution in [1.29, 1.82) is 0 Å². The summed E-state index contributed by atoms with van der Waals surface area (Å²) in [6.45, 7) is 7.35. The molecular formula is C76H73F6NO6. The average Bonchev–Trinajstić information content (AvgIpc) is 1.56. The Kier molecular flexibility index (Phi) is 16.6. The van der Waals surface area contributed by atoms with Gasteiger partial charge in [0.1, 0.15) is 23.0 Å². The quantitative estimate of drug-likeness (QED) is 0.0477. The van der Waals surface area contributed by atoms with Crippen molar-refractivity contribution in [1.82, 2.24) is 0 Å². The molecule has 89 heavy (non-hydrogen) atoms. The van der Waals surface area contributed by atoms with Crippen molar-refractivity contribution in [2.45, 2.75) is 134 Å². The first-order valence-corrected chi connectivity index (χ1v) is 31.2. The maximum atomic E-state index is 15.4. The molecule has 8 aromatic carbocycles. The number of amides is 1. The van der Waals surface area contributed by atoms with Crippen molar-refractivity contribution in [3.05, 3.63) is 202 Å². The molecule has 2 fully saturated rings. The van der Waals surface area contributed by atoms with Crippen LogP contribution >= 0.6 is 0 Å². The summed E-state index contributed by atoms with van der Waals surface area (Å²) in [5, 5.41) is 3.84. The van der Waals surface area contributed by atoms with Crippen molar-refractivity contribution in [2.24, 2.45) is 17.8 Å². The third-order valence-electron chi connectivity index (χ3n) is 19.4. The molecule has 12 rings (SSSR count). The molecule has 1 unspecified atom stereocenters. The molecule has 0 bridgehead atoms. The van der Waals surface area contributed by atoms with Gasteiger partial charge in [0.2, 0.25) is 5.91 Å². The molecule has 0 radical (unpaired) electrons. The number of methoxy groups -OCH3 is 2. The van der Waals surface area contributed by atoms with Crippen LogP contribution in [0.4, 0.5) is 32.0 Å². The standard InChI is InChI=1S/C76H73F6NO6/c1-7-8-10-13-46-16-18-47(19-17-46)48-20-22-49(23-21-48)50-28-33-58(34-29-50)88-72(85)52-26-24-51(25-27-52)71(84)83-56-32-37-59(45(2)40-56)61-43-62-63(44-66(61)87-6)70-60(38-39-74(89-70,53-14-11-9-12-15-53)54-30-35-57(86-5)36-31-54)69-67(62)64-41-55(75(77,78)79)42-65(76(80,81)82)68(64)73(69,3)4/h9,11-12,14-15,20-23,28-44,46-47,51-52H,7-8,10,13,16-19,24-27H2,1-6H3,(H,83,84)/t46-,47-,51?,52?,74?. The van der Waals surface area contributed by atoms with Crippen LogP contribution in [-0.4, -0.2) is 26.1 Å². The molecule has 1 aliphatic heterocycles. The number of hydrogen-bond acceptors (Lipinski definition) is 6. The van der Waals surface area contributed by atoms with Crippen LogP contribution in [-0.2, 0) is 33.0 Å². The molecule has 1 N–H and O–H groups in total. The largest absolute Gasteiger partial charge is 0.497 e. The lowest BCUT2D eigenvalue weighted by atomic mass is 9.75. The van der Waals surface area contributed by atoms with E-state index in [9.17, 15) is 22.8 Å². The first-order valence-electron chi connectivity index (χ1n) is 31.2. The number of esters is 1. The van der Waals surface area contributed by atoms with Crippen molar-refractivity contribution < 1.29 is 54.9 Å². The van der Waals surface area contributed by atoms with Gasteiger partial charge in [0, 0.05) is 44.7 Å². The third kappa shape index (κ3) is 11.7. The Bertz CT molecular complexity index is 3990. The number of benzene rings is 8. The molecule has 0 aromatic heterocycles. The van der Waals surface area contributed by atoms with Crippen LogP contribution in [0, 0.1) is 24.7 Å². The number of hydrogen-bond donors (Lipinski definition) is 1. The first-order chi connectivity index (χ1) is 42.7. The van der Waals surface area contributed by atoms with Crippen molar-refractivity contribution >= 4 is 34.4 Å². The lowest BCUT2D eigenvalue weighted by molar-refractivity contribution is -0.144. The van der Waals surface area contributed by atoms with Gasteiger partial charge in [0.15, 0.2) is 5.60 Å². The van der Waals surface area contributed by atoms with Gasteiger partial charge in [0.05, 0.1) is 31.3 Å². The molecular weight excluding hydrogens is 1140 g/mol. The smallest absolute Gasteiger partial charge is 0.416 e. The molecule has 1 atom stereocenters. The highest BCUT2D eigenvalue weighted by Gasteiger charge is 2.50. The first kappa shape index (κ1) is 60.9. The normalized spacial score (nSPS) is 20.2. The Hall–Kier alpha value is -8.32. The van der Waals surface area contributed by atoms with E-state index in [1.165, 1.54) is 64.0 Å². The van der Waals surface area contributed by atoms with Crippen LogP contribution in [0.1, 0.15) is 154 Å². The topological polar surface area (TPSA) is 83.1 Å². The molecule has 1 heterocycles. The van der Waals surface area contributed by atoms with E-state index in [4.69, 9.17) is 18.9 Å². The molecule has 7 nitrogen and oxygen atoms in total. The molecule has 460 valence electrons. The van der Waals surface area contributed by atoms with E-state index < -0.39 is 34.5 Å². The van der Waals surface area contributed by atoms with Crippen LogP contribution in [0.25, 0.3) is 50.2 Å². The second-order valence-electron chi connectivity index (χ2n) is 25.3. The van der Waals surface area contributed by atoms with Gasteiger partial charge >= 0.3 is 18.3 Å². The minimum atomic E-state index is -5.14. The van der Waals surface area contributed by atoms with E-state index in [-0.39, 0.29) is 46.5 Å². The van der Waals surface area contributed by atoms with Crippen molar-refractivity contribution in [3.63, 3.8) is 0 Å². The van der Waals surface area contributed by atoms with E-state index in [0.29, 0.717) is 104 Å². The third-order valence-corrected chi connectivity index (χ3v) is 19.4. The Labute approximate surface area is 516 Å². The lowest BCUT2D eigenvalue weighted by Gasteiger charge is -2.38. The number of ether oxygens (including phenoxy) is 4. The number of unbranched alkanes of at least 4 members (excludes halogenated alkanes) is 2. The van der Waals surface area contributed by atoms with E-state index >= 15 is 13.2 Å². The summed E-state index contributed by atoms with van der Waals surface area (Å²) >= 11 is 0. The summed E-state index contributed by atoms with van der Waals surface area (Å²) in [4.78, 5) is 27.4. The Morgan fingerprint density at radius 3 is 1.91 bits per heavy atom. The number of rotatable bonds is 15. The van der Waals surface area contributed by atoms with Gasteiger partial charge < -0.3 is 24.3 Å². The molecule has 8 aromatic rings. The second kappa shape index (κ2) is 24.2. The number of anilines is 1. The summed E-state index contributed by atoms with van der Waals surface area (Å²) in [5.74, 6) is 2.03. The zero-order valence-corrected chi connectivity index (χ0v) is 51.0. The summed E-state index contributed by atoms with van der Waals surface area (Å²) < 4.78 is 116. The molecule has 0 saturated heterocycles. The minimum Gasteiger partial charge on any atom is -0.497 e. The summed E-state index contributed by atoms with van der Waals surface area (Å²) in [6.07, 6.45) is 5.84. The fraction of sp³-hybridized carbons (Fsp3) is 0.342. The Morgan fingerprint density at radius 1 is 0.629 bits per heavy atom. The van der Waals surface area contributed by atoms with Crippen LogP contribution < -0.4 is 24.3 Å². The predicted octanol–water partition coefficient (Wildman–Crippen LogP) is 20.4. The molecule has 2 saturated carbocycles. The number of alkyl halides is 6. The van der Waals surface area contributed by atoms with E-state index in [0.717, 1.165) is 28.7 Å². The molecule has 3 aliphatic carbocycles. The van der Waals surface area contributed by atoms with Gasteiger partial charge in [-0.3, -0.25) is 9.59 Å². The van der Waals surface area contributed by atoms with Gasteiger partial charge in [-0.15, -0.1) is 0 Å².